The standard InChI is InChI=1S/C17H19N3/c1-3-12-6-9-17(20-16(12)5-1)19-14-7-8-15-13(11-14)4-2-10-18-15/h6-9,11,18H,1-5,10H2,(H,19,20). The minimum Gasteiger partial charge on any atom is -0.385 e. The van der Waals surface area contributed by atoms with Crippen molar-refractivity contribution in [3.63, 3.8) is 0 Å². The van der Waals surface area contributed by atoms with Crippen LogP contribution in [-0.4, -0.2) is 11.5 Å². The van der Waals surface area contributed by atoms with E-state index in [1.54, 1.807) is 0 Å². The molecule has 3 nitrogen and oxygen atoms in total. The molecule has 1 aromatic heterocycles. The third-order valence-electron chi connectivity index (χ3n) is 4.24. The molecule has 2 aromatic rings. The molecule has 0 fully saturated rings. The molecule has 0 saturated carbocycles. The molecule has 1 aromatic carbocycles. The number of aryl methyl sites for hydroxylation is 3. The summed E-state index contributed by atoms with van der Waals surface area (Å²) in [5, 5.41) is 6.89. The van der Waals surface area contributed by atoms with Crippen LogP contribution in [-0.2, 0) is 19.3 Å². The number of pyridine rings is 1. The Balaban J connectivity index is 1.59. The molecule has 2 N–H and O–H groups in total. The number of nitrogens with zero attached hydrogens (tertiary/aromatic N) is 1. The van der Waals surface area contributed by atoms with Gasteiger partial charge in [0.2, 0.25) is 0 Å². The van der Waals surface area contributed by atoms with Gasteiger partial charge in [-0.15, -0.1) is 0 Å². The van der Waals surface area contributed by atoms with Crippen molar-refractivity contribution in [1.82, 2.24) is 4.98 Å². The van der Waals surface area contributed by atoms with Gasteiger partial charge in [-0.1, -0.05) is 6.07 Å². The van der Waals surface area contributed by atoms with E-state index in [9.17, 15) is 0 Å². The number of hydrogen-bond acceptors (Lipinski definition) is 3. The Kier molecular flexibility index (Phi) is 2.84. The number of fused-ring (bicyclic) bond motifs is 2. The maximum absolute atomic E-state index is 4.73. The molecular weight excluding hydrogens is 246 g/mol. The second kappa shape index (κ2) is 4.82. The highest BCUT2D eigenvalue weighted by Crippen LogP contribution is 2.27. The fourth-order valence-electron chi connectivity index (χ4n) is 3.19. The molecule has 3 heteroatoms. The lowest BCUT2D eigenvalue weighted by Gasteiger charge is -2.19. The second-order valence-corrected chi connectivity index (χ2v) is 5.68. The van der Waals surface area contributed by atoms with Crippen LogP contribution >= 0.6 is 0 Å². The zero-order valence-electron chi connectivity index (χ0n) is 11.6. The highest BCUT2D eigenvalue weighted by Gasteiger charge is 2.13. The third-order valence-corrected chi connectivity index (χ3v) is 4.24. The van der Waals surface area contributed by atoms with E-state index in [2.05, 4.69) is 41.0 Å². The van der Waals surface area contributed by atoms with Crippen LogP contribution in [0.2, 0.25) is 0 Å². The van der Waals surface area contributed by atoms with Crippen LogP contribution in [0.4, 0.5) is 17.2 Å². The number of nitrogens with one attached hydrogen (secondary N) is 2. The Labute approximate surface area is 119 Å². The molecule has 0 unspecified atom stereocenters. The molecule has 0 amide bonds. The first-order valence-electron chi connectivity index (χ1n) is 7.51. The number of aromatic nitrogens is 1. The first-order chi connectivity index (χ1) is 9.88. The topological polar surface area (TPSA) is 37.0 Å². The Hall–Kier alpha value is -2.03. The number of benzene rings is 1. The van der Waals surface area contributed by atoms with Crippen molar-refractivity contribution in [2.45, 2.75) is 32.1 Å². The lowest BCUT2D eigenvalue weighted by atomic mass is 10.0. The normalized spacial score (nSPS) is 16.2. The molecule has 1 aliphatic heterocycles. The lowest BCUT2D eigenvalue weighted by molar-refractivity contribution is 0.830. The van der Waals surface area contributed by atoms with Gasteiger partial charge in [0, 0.05) is 23.6 Å². The van der Waals surface area contributed by atoms with Gasteiger partial charge in [-0.3, -0.25) is 0 Å². The van der Waals surface area contributed by atoms with E-state index in [0.717, 1.165) is 30.9 Å². The monoisotopic (exact) mass is 265 g/mol. The van der Waals surface area contributed by atoms with Crippen LogP contribution in [0.3, 0.4) is 0 Å². The predicted octanol–water partition coefficient (Wildman–Crippen LogP) is 3.67. The maximum Gasteiger partial charge on any atom is 0.130 e. The summed E-state index contributed by atoms with van der Waals surface area (Å²) in [4.78, 5) is 4.73. The third kappa shape index (κ3) is 2.13. The molecular formula is C17H19N3. The molecule has 1 aliphatic carbocycles. The highest BCUT2D eigenvalue weighted by molar-refractivity contribution is 5.65. The summed E-state index contributed by atoms with van der Waals surface area (Å²) in [5.41, 5.74) is 6.52. The molecule has 0 atom stereocenters. The van der Waals surface area contributed by atoms with Gasteiger partial charge in [0.05, 0.1) is 0 Å². The number of hydrogen-bond donors (Lipinski definition) is 2. The van der Waals surface area contributed by atoms with E-state index in [1.165, 1.54) is 41.8 Å². The number of anilines is 3. The highest BCUT2D eigenvalue weighted by atomic mass is 15.0. The van der Waals surface area contributed by atoms with Crippen LogP contribution in [0.5, 0.6) is 0 Å². The zero-order chi connectivity index (χ0) is 13.4. The summed E-state index contributed by atoms with van der Waals surface area (Å²) in [7, 11) is 0. The Morgan fingerprint density at radius 2 is 1.90 bits per heavy atom. The van der Waals surface area contributed by atoms with Gasteiger partial charge in [-0.05, 0) is 67.5 Å². The van der Waals surface area contributed by atoms with Crippen molar-refractivity contribution in [3.05, 3.63) is 47.2 Å². The average Bonchev–Trinajstić information content (AvgIpc) is 2.95. The summed E-state index contributed by atoms with van der Waals surface area (Å²) in [6.07, 6.45) is 5.94. The fraction of sp³-hybridized carbons (Fsp3) is 0.353. The molecule has 102 valence electrons. The van der Waals surface area contributed by atoms with E-state index < -0.39 is 0 Å². The van der Waals surface area contributed by atoms with Crippen LogP contribution in [0.25, 0.3) is 0 Å². The molecule has 0 saturated heterocycles. The lowest BCUT2D eigenvalue weighted by Crippen LogP contribution is -2.11. The summed E-state index contributed by atoms with van der Waals surface area (Å²) in [5.74, 6) is 0.967. The minimum absolute atomic E-state index is 0.967. The van der Waals surface area contributed by atoms with Gasteiger partial charge >= 0.3 is 0 Å². The Morgan fingerprint density at radius 3 is 2.90 bits per heavy atom. The number of rotatable bonds is 2. The molecule has 4 rings (SSSR count). The smallest absolute Gasteiger partial charge is 0.130 e. The molecule has 0 bridgehead atoms. The van der Waals surface area contributed by atoms with Gasteiger partial charge in [0.1, 0.15) is 5.82 Å². The van der Waals surface area contributed by atoms with Crippen LogP contribution < -0.4 is 10.6 Å². The van der Waals surface area contributed by atoms with Crippen molar-refractivity contribution in [2.24, 2.45) is 0 Å². The van der Waals surface area contributed by atoms with E-state index in [-0.39, 0.29) is 0 Å². The molecule has 2 aliphatic rings. The average molecular weight is 265 g/mol. The maximum atomic E-state index is 4.73. The minimum atomic E-state index is 0.967. The van der Waals surface area contributed by atoms with Crippen LogP contribution in [0.1, 0.15) is 29.7 Å². The van der Waals surface area contributed by atoms with E-state index in [4.69, 9.17) is 4.98 Å². The van der Waals surface area contributed by atoms with Gasteiger partial charge in [0.15, 0.2) is 0 Å². The summed E-state index contributed by atoms with van der Waals surface area (Å²) in [6, 6.07) is 10.9. The summed E-state index contributed by atoms with van der Waals surface area (Å²) < 4.78 is 0. The molecule has 20 heavy (non-hydrogen) atoms. The predicted molar refractivity (Wildman–Crippen MR) is 82.8 cm³/mol. The van der Waals surface area contributed by atoms with Gasteiger partial charge in [-0.25, -0.2) is 4.98 Å². The van der Waals surface area contributed by atoms with Gasteiger partial charge in [0.25, 0.3) is 0 Å². The second-order valence-electron chi connectivity index (χ2n) is 5.68. The van der Waals surface area contributed by atoms with Gasteiger partial charge in [-0.2, -0.15) is 0 Å². The van der Waals surface area contributed by atoms with Crippen molar-refractivity contribution in [1.29, 1.82) is 0 Å². The molecule has 2 heterocycles. The zero-order valence-corrected chi connectivity index (χ0v) is 11.6. The molecule has 0 radical (unpaired) electrons. The Bertz CT molecular complexity index is 649. The van der Waals surface area contributed by atoms with Crippen molar-refractivity contribution in [3.8, 4) is 0 Å². The molecule has 0 spiro atoms. The fourth-order valence-corrected chi connectivity index (χ4v) is 3.19. The van der Waals surface area contributed by atoms with E-state index in [1.807, 2.05) is 0 Å². The quantitative estimate of drug-likeness (QED) is 0.870. The van der Waals surface area contributed by atoms with Gasteiger partial charge < -0.3 is 10.6 Å². The summed E-state index contributed by atoms with van der Waals surface area (Å²) in [6.45, 7) is 1.09. The van der Waals surface area contributed by atoms with Crippen LogP contribution in [0.15, 0.2) is 30.3 Å². The van der Waals surface area contributed by atoms with Crippen LogP contribution in [0, 0.1) is 0 Å². The largest absolute Gasteiger partial charge is 0.385 e. The Morgan fingerprint density at radius 1 is 0.950 bits per heavy atom. The SMILES string of the molecule is c1cc2c(cc1Nc1ccc3c(n1)CCC3)CCCN2. The first-order valence-corrected chi connectivity index (χ1v) is 7.51. The van der Waals surface area contributed by atoms with Crippen molar-refractivity contribution < 1.29 is 0 Å². The van der Waals surface area contributed by atoms with Crippen molar-refractivity contribution >= 4 is 17.2 Å². The van der Waals surface area contributed by atoms with Crippen molar-refractivity contribution in [2.75, 3.05) is 17.2 Å². The first kappa shape index (κ1) is 11.8. The van der Waals surface area contributed by atoms with E-state index >= 15 is 0 Å². The van der Waals surface area contributed by atoms with E-state index in [0.29, 0.717) is 0 Å². The summed E-state index contributed by atoms with van der Waals surface area (Å²) >= 11 is 0.